The second-order valence-corrected chi connectivity index (χ2v) is 10.6. The molecule has 0 spiro atoms. The number of carboxylic acid groups (broad SMARTS) is 1. The van der Waals surface area contributed by atoms with Crippen molar-refractivity contribution in [3.8, 4) is 28.1 Å². The number of carbonyl (C=O) groups is 4. The van der Waals surface area contributed by atoms with Crippen LogP contribution in [0.2, 0.25) is 10.0 Å². The normalized spacial score (nSPS) is 12.3. The Kier molecular flexibility index (Phi) is 8.83. The molecule has 0 saturated heterocycles. The van der Waals surface area contributed by atoms with Gasteiger partial charge in [-0.1, -0.05) is 41.4 Å². The number of carbonyl (C=O) groups excluding carboxylic acids is 3. The third-order valence-corrected chi connectivity index (χ3v) is 8.05. The molecule has 14 heteroatoms. The van der Waals surface area contributed by atoms with Gasteiger partial charge in [0.25, 0.3) is 5.91 Å². The minimum atomic E-state index is -1.28. The van der Waals surface area contributed by atoms with Crippen LogP contribution in [0.3, 0.4) is 0 Å². The van der Waals surface area contributed by atoms with Gasteiger partial charge >= 0.3 is 6.09 Å². The average molecular weight is 637 g/mol. The molecule has 3 N–H and O–H groups in total. The number of rotatable bonds is 8. The van der Waals surface area contributed by atoms with Gasteiger partial charge < -0.3 is 29.9 Å². The Morgan fingerprint density at radius 2 is 1.89 bits per heavy atom. The number of hydrogen-bond donors (Lipinski definition) is 3. The van der Waals surface area contributed by atoms with Crippen molar-refractivity contribution in [2.24, 2.45) is 7.05 Å². The van der Waals surface area contributed by atoms with Gasteiger partial charge in [0.05, 0.1) is 46.3 Å². The maximum Gasteiger partial charge on any atom is 0.405 e. The first-order valence-electron chi connectivity index (χ1n) is 13.3. The number of aldehydes is 1. The zero-order valence-electron chi connectivity index (χ0n) is 23.6. The molecule has 5 rings (SSSR count). The van der Waals surface area contributed by atoms with Gasteiger partial charge in [-0.05, 0) is 24.3 Å². The molecule has 1 aliphatic heterocycles. The zero-order chi connectivity index (χ0) is 31.5. The summed E-state index contributed by atoms with van der Waals surface area (Å²) in [6.07, 6.45) is 1.45. The minimum absolute atomic E-state index is 0.131. The summed E-state index contributed by atoms with van der Waals surface area (Å²) in [5.74, 6) is -0.371. The van der Waals surface area contributed by atoms with Gasteiger partial charge in [-0.2, -0.15) is 0 Å². The van der Waals surface area contributed by atoms with Crippen molar-refractivity contribution in [2.75, 3.05) is 25.5 Å². The van der Waals surface area contributed by atoms with Gasteiger partial charge in [-0.15, -0.1) is 0 Å². The lowest BCUT2D eigenvalue weighted by atomic mass is 10.0. The van der Waals surface area contributed by atoms with E-state index in [0.717, 1.165) is 5.69 Å². The molecule has 3 amide bonds. The first kappa shape index (κ1) is 30.5. The topological polar surface area (TPSA) is 156 Å². The summed E-state index contributed by atoms with van der Waals surface area (Å²) in [6.45, 7) is 0.174. The summed E-state index contributed by atoms with van der Waals surface area (Å²) in [6, 6.07) is 11.9. The molecule has 44 heavy (non-hydrogen) atoms. The van der Waals surface area contributed by atoms with Crippen LogP contribution in [0.5, 0.6) is 5.75 Å². The number of methoxy groups -OCH3 is 1. The van der Waals surface area contributed by atoms with Gasteiger partial charge in [0.1, 0.15) is 12.3 Å². The molecule has 2 aromatic carbocycles. The Morgan fingerprint density at radius 1 is 1.11 bits per heavy atom. The first-order valence-corrected chi connectivity index (χ1v) is 14.1. The van der Waals surface area contributed by atoms with Crippen molar-refractivity contribution in [3.05, 3.63) is 81.5 Å². The summed E-state index contributed by atoms with van der Waals surface area (Å²) in [5.41, 5.74) is 4.30. The smallest absolute Gasteiger partial charge is 0.405 e. The lowest BCUT2D eigenvalue weighted by Crippen LogP contribution is -2.42. The number of fused-ring (bicyclic) bond motifs is 1. The maximum atomic E-state index is 13.4. The lowest BCUT2D eigenvalue weighted by Gasteiger charge is -2.26. The standard InChI is InChI=1S/C30H26Cl2N6O6/c1-37-22-9-11-38(24(40)13-34-30(42)43)14-21(22)35-28(37)29(41)36-20-5-3-4-18(25(20)31)19-8-10-33-27(26(19)32)16-6-7-17(15-39)23(12-16)44-2/h3-8,10,12,15,34H,9,11,13-14H2,1-2H3,(H,36,41)(H,42,43). The zero-order valence-corrected chi connectivity index (χ0v) is 25.1. The fourth-order valence-electron chi connectivity index (χ4n) is 5.03. The van der Waals surface area contributed by atoms with Gasteiger partial charge in [0.2, 0.25) is 5.91 Å². The Labute approximate surface area is 261 Å². The van der Waals surface area contributed by atoms with Crippen LogP contribution in [-0.2, 0) is 24.8 Å². The number of amides is 3. The van der Waals surface area contributed by atoms with Crippen LogP contribution in [0, 0.1) is 0 Å². The number of benzene rings is 2. The number of anilines is 1. The number of nitrogens with zero attached hydrogens (tertiary/aromatic N) is 4. The van der Waals surface area contributed by atoms with E-state index in [1.54, 1.807) is 60.3 Å². The molecule has 2 aromatic heterocycles. The number of ether oxygens (including phenoxy) is 1. The molecular weight excluding hydrogens is 611 g/mol. The summed E-state index contributed by atoms with van der Waals surface area (Å²) >= 11 is 13.6. The Morgan fingerprint density at radius 3 is 2.61 bits per heavy atom. The van der Waals surface area contributed by atoms with Gasteiger partial charge in [-0.3, -0.25) is 19.4 Å². The highest BCUT2D eigenvalue weighted by molar-refractivity contribution is 6.39. The molecule has 3 heterocycles. The van der Waals surface area contributed by atoms with E-state index in [2.05, 4.69) is 20.6 Å². The van der Waals surface area contributed by atoms with E-state index in [1.165, 1.54) is 12.0 Å². The molecule has 4 aromatic rings. The molecule has 226 valence electrons. The summed E-state index contributed by atoms with van der Waals surface area (Å²) in [4.78, 5) is 58.2. The van der Waals surface area contributed by atoms with E-state index in [-0.39, 0.29) is 29.8 Å². The number of halogens is 2. The molecule has 0 aliphatic carbocycles. The SMILES string of the molecule is COc1cc(-c2nccc(-c3cccc(NC(=O)c4nc5c(n4C)CCN(C(=O)CNC(=O)O)C5)c3Cl)c2Cl)ccc1C=O. The molecule has 12 nitrogen and oxygen atoms in total. The van der Waals surface area contributed by atoms with Crippen molar-refractivity contribution < 1.29 is 29.0 Å². The molecule has 0 bridgehead atoms. The largest absolute Gasteiger partial charge is 0.496 e. The van der Waals surface area contributed by atoms with Gasteiger partial charge in [0, 0.05) is 48.6 Å². The third kappa shape index (κ3) is 5.94. The Balaban J connectivity index is 1.39. The van der Waals surface area contributed by atoms with E-state index in [1.807, 2.05) is 0 Å². The number of nitrogens with one attached hydrogen (secondary N) is 2. The highest BCUT2D eigenvalue weighted by Crippen LogP contribution is 2.41. The molecule has 0 radical (unpaired) electrons. The van der Waals surface area contributed by atoms with Crippen molar-refractivity contribution in [1.29, 1.82) is 0 Å². The monoisotopic (exact) mass is 636 g/mol. The summed E-state index contributed by atoms with van der Waals surface area (Å²) < 4.78 is 7.00. The predicted octanol–water partition coefficient (Wildman–Crippen LogP) is 4.68. The van der Waals surface area contributed by atoms with Crippen molar-refractivity contribution in [1.82, 2.24) is 24.8 Å². The van der Waals surface area contributed by atoms with Crippen LogP contribution in [0.4, 0.5) is 10.5 Å². The van der Waals surface area contributed by atoms with E-state index >= 15 is 0 Å². The highest BCUT2D eigenvalue weighted by Gasteiger charge is 2.28. The maximum absolute atomic E-state index is 13.4. The van der Waals surface area contributed by atoms with Crippen LogP contribution in [0.25, 0.3) is 22.4 Å². The first-order chi connectivity index (χ1) is 21.1. The second-order valence-electron chi connectivity index (χ2n) is 9.83. The third-order valence-electron chi connectivity index (χ3n) is 7.26. The van der Waals surface area contributed by atoms with E-state index in [4.69, 9.17) is 33.0 Å². The fraction of sp³-hybridized carbons (Fsp3) is 0.200. The van der Waals surface area contributed by atoms with Crippen LogP contribution in [-0.4, -0.2) is 68.9 Å². The predicted molar refractivity (Wildman–Crippen MR) is 163 cm³/mol. The van der Waals surface area contributed by atoms with Crippen molar-refractivity contribution in [2.45, 2.75) is 13.0 Å². The van der Waals surface area contributed by atoms with Gasteiger partial charge in [0.15, 0.2) is 12.1 Å². The minimum Gasteiger partial charge on any atom is -0.496 e. The number of aromatic nitrogens is 3. The van der Waals surface area contributed by atoms with E-state index in [9.17, 15) is 19.2 Å². The summed E-state index contributed by atoms with van der Waals surface area (Å²) in [7, 11) is 3.19. The Hall–Kier alpha value is -4.94. The Bertz CT molecular complexity index is 1810. The summed E-state index contributed by atoms with van der Waals surface area (Å²) in [5, 5.41) is 14.2. The lowest BCUT2D eigenvalue weighted by molar-refractivity contribution is -0.131. The number of imidazole rings is 1. The highest BCUT2D eigenvalue weighted by atomic mass is 35.5. The average Bonchev–Trinajstić information content (AvgIpc) is 3.36. The quantitative estimate of drug-likeness (QED) is 0.235. The molecule has 0 fully saturated rings. The molecule has 0 saturated carbocycles. The van der Waals surface area contributed by atoms with Crippen LogP contribution in [0.1, 0.15) is 32.4 Å². The molecule has 1 aliphatic rings. The molecular formula is C30H26Cl2N6O6. The van der Waals surface area contributed by atoms with Crippen molar-refractivity contribution in [3.63, 3.8) is 0 Å². The second kappa shape index (κ2) is 12.7. The number of pyridine rings is 1. The van der Waals surface area contributed by atoms with Crippen LogP contribution >= 0.6 is 23.2 Å². The van der Waals surface area contributed by atoms with E-state index < -0.39 is 12.0 Å². The van der Waals surface area contributed by atoms with Crippen molar-refractivity contribution >= 4 is 53.1 Å². The molecule has 0 atom stereocenters. The number of hydrogen-bond acceptors (Lipinski definition) is 7. The van der Waals surface area contributed by atoms with Crippen LogP contribution in [0.15, 0.2) is 48.7 Å². The van der Waals surface area contributed by atoms with Gasteiger partial charge in [-0.25, -0.2) is 9.78 Å². The van der Waals surface area contributed by atoms with E-state index in [0.29, 0.717) is 69.4 Å². The van der Waals surface area contributed by atoms with Crippen LogP contribution < -0.4 is 15.4 Å². The fourth-order valence-corrected chi connectivity index (χ4v) is 5.63. The molecule has 0 unspecified atom stereocenters.